The van der Waals surface area contributed by atoms with E-state index in [4.69, 9.17) is 5.73 Å². The van der Waals surface area contributed by atoms with Gasteiger partial charge in [0.1, 0.15) is 0 Å². The first-order valence-corrected chi connectivity index (χ1v) is 7.36. The van der Waals surface area contributed by atoms with Crippen molar-refractivity contribution in [3.05, 3.63) is 76.5 Å². The van der Waals surface area contributed by atoms with E-state index in [1.54, 1.807) is 6.20 Å². The van der Waals surface area contributed by atoms with Crippen LogP contribution in [0.25, 0.3) is 10.8 Å². The number of rotatable bonds is 3. The van der Waals surface area contributed by atoms with Crippen molar-refractivity contribution in [3.8, 4) is 0 Å². The molecule has 0 aliphatic carbocycles. The van der Waals surface area contributed by atoms with Crippen molar-refractivity contribution in [1.82, 2.24) is 4.98 Å². The third kappa shape index (κ3) is 2.89. The maximum Gasteiger partial charge on any atom is 0.0422 e. The number of aromatic nitrogens is 1. The van der Waals surface area contributed by atoms with E-state index in [0.717, 1.165) is 22.2 Å². The molecule has 1 atom stereocenters. The summed E-state index contributed by atoms with van der Waals surface area (Å²) in [4.78, 5) is 4.33. The van der Waals surface area contributed by atoms with Gasteiger partial charge in [-0.3, -0.25) is 4.98 Å². The van der Waals surface area contributed by atoms with Crippen molar-refractivity contribution >= 4 is 26.7 Å². The molecule has 0 amide bonds. The lowest BCUT2D eigenvalue weighted by Gasteiger charge is -2.12. The number of nitrogens with zero attached hydrogens (tertiary/aromatic N) is 1. The Labute approximate surface area is 126 Å². The molecule has 1 heterocycles. The van der Waals surface area contributed by atoms with E-state index in [0.29, 0.717) is 0 Å². The molecule has 1 unspecified atom stereocenters. The van der Waals surface area contributed by atoms with E-state index in [1.807, 2.05) is 18.2 Å². The third-order valence-electron chi connectivity index (χ3n) is 3.41. The Morgan fingerprint density at radius 2 is 1.80 bits per heavy atom. The predicted molar refractivity (Wildman–Crippen MR) is 86.5 cm³/mol. The Morgan fingerprint density at radius 3 is 2.60 bits per heavy atom. The second kappa shape index (κ2) is 5.73. The number of pyridine rings is 1. The van der Waals surface area contributed by atoms with Gasteiger partial charge in [-0.05, 0) is 46.7 Å². The van der Waals surface area contributed by atoms with E-state index in [1.165, 1.54) is 10.8 Å². The van der Waals surface area contributed by atoms with Crippen LogP contribution < -0.4 is 5.73 Å². The number of nitrogens with two attached hydrogens (primary N) is 1. The molecule has 100 valence electrons. The molecule has 0 radical (unpaired) electrons. The second-order valence-corrected chi connectivity index (χ2v) is 5.80. The van der Waals surface area contributed by atoms with Gasteiger partial charge < -0.3 is 5.73 Å². The van der Waals surface area contributed by atoms with Crippen molar-refractivity contribution in [2.45, 2.75) is 12.5 Å². The van der Waals surface area contributed by atoms with E-state index in [9.17, 15) is 0 Å². The zero-order chi connectivity index (χ0) is 13.9. The van der Waals surface area contributed by atoms with E-state index >= 15 is 0 Å². The van der Waals surface area contributed by atoms with E-state index < -0.39 is 0 Å². The van der Waals surface area contributed by atoms with Crippen molar-refractivity contribution < 1.29 is 0 Å². The molecule has 2 nitrogen and oxygen atoms in total. The van der Waals surface area contributed by atoms with Crippen molar-refractivity contribution in [1.29, 1.82) is 0 Å². The fraction of sp³-hybridized carbons (Fsp3) is 0.118. The number of halogens is 1. The molecule has 3 aromatic rings. The summed E-state index contributed by atoms with van der Waals surface area (Å²) in [5, 5.41) is 2.43. The van der Waals surface area contributed by atoms with Crippen LogP contribution >= 0.6 is 15.9 Å². The van der Waals surface area contributed by atoms with Gasteiger partial charge in [0.15, 0.2) is 0 Å². The maximum absolute atomic E-state index is 6.30. The summed E-state index contributed by atoms with van der Waals surface area (Å²) in [6, 6.07) is 18.5. The van der Waals surface area contributed by atoms with Crippen LogP contribution in [0.4, 0.5) is 0 Å². The molecule has 0 saturated heterocycles. The first-order valence-electron chi connectivity index (χ1n) is 6.57. The van der Waals surface area contributed by atoms with Gasteiger partial charge >= 0.3 is 0 Å². The lowest BCUT2D eigenvalue weighted by atomic mass is 9.99. The Morgan fingerprint density at radius 1 is 1.00 bits per heavy atom. The largest absolute Gasteiger partial charge is 0.324 e. The molecule has 0 aliphatic heterocycles. The minimum atomic E-state index is -0.0297. The Hall–Kier alpha value is -1.71. The van der Waals surface area contributed by atoms with Crippen LogP contribution in [0.15, 0.2) is 65.3 Å². The summed E-state index contributed by atoms with van der Waals surface area (Å²) in [5.41, 5.74) is 8.47. The molecule has 2 N–H and O–H groups in total. The zero-order valence-corrected chi connectivity index (χ0v) is 12.5. The fourth-order valence-corrected chi connectivity index (χ4v) is 2.71. The van der Waals surface area contributed by atoms with Crippen LogP contribution in [0.2, 0.25) is 0 Å². The first-order chi connectivity index (χ1) is 9.72. The number of hydrogen-bond acceptors (Lipinski definition) is 2. The van der Waals surface area contributed by atoms with Crippen molar-refractivity contribution in [2.75, 3.05) is 0 Å². The highest BCUT2D eigenvalue weighted by Crippen LogP contribution is 2.24. The number of hydrogen-bond donors (Lipinski definition) is 1. The maximum atomic E-state index is 6.30. The molecule has 20 heavy (non-hydrogen) atoms. The minimum absolute atomic E-state index is 0.0297. The molecule has 3 heteroatoms. The van der Waals surface area contributed by atoms with Crippen molar-refractivity contribution in [3.63, 3.8) is 0 Å². The monoisotopic (exact) mass is 326 g/mol. The Bertz CT molecular complexity index is 725. The van der Waals surface area contributed by atoms with Crippen LogP contribution in [-0.2, 0) is 6.42 Å². The van der Waals surface area contributed by atoms with Crippen LogP contribution in [0, 0.1) is 0 Å². The van der Waals surface area contributed by atoms with Gasteiger partial charge in [0.25, 0.3) is 0 Å². The molecule has 3 rings (SSSR count). The Kier molecular flexibility index (Phi) is 3.81. The van der Waals surface area contributed by atoms with Gasteiger partial charge in [-0.25, -0.2) is 0 Å². The van der Waals surface area contributed by atoms with Gasteiger partial charge in [0, 0.05) is 28.8 Å². The van der Waals surface area contributed by atoms with Gasteiger partial charge in [0.05, 0.1) is 0 Å². The van der Waals surface area contributed by atoms with Gasteiger partial charge in [-0.15, -0.1) is 0 Å². The lowest BCUT2D eigenvalue weighted by Crippen LogP contribution is -2.13. The number of fused-ring (bicyclic) bond motifs is 1. The topological polar surface area (TPSA) is 38.9 Å². The van der Waals surface area contributed by atoms with Gasteiger partial charge in [-0.1, -0.05) is 40.2 Å². The van der Waals surface area contributed by atoms with Crippen molar-refractivity contribution in [2.24, 2.45) is 5.73 Å². The standard InChI is InChI=1S/C17H15BrN2/c18-15-7-6-12-9-14(5-4-13(12)10-15)17(19)11-16-3-1-2-8-20-16/h1-10,17H,11,19H2. The molecular formula is C17H15BrN2. The summed E-state index contributed by atoms with van der Waals surface area (Å²) in [5.74, 6) is 0. The Balaban J connectivity index is 1.88. The SMILES string of the molecule is NC(Cc1ccccn1)c1ccc2cc(Br)ccc2c1. The molecular weight excluding hydrogens is 312 g/mol. The van der Waals surface area contributed by atoms with E-state index in [2.05, 4.69) is 57.3 Å². The zero-order valence-electron chi connectivity index (χ0n) is 11.0. The first kappa shape index (κ1) is 13.3. The van der Waals surface area contributed by atoms with Gasteiger partial charge in [-0.2, -0.15) is 0 Å². The lowest BCUT2D eigenvalue weighted by molar-refractivity contribution is 0.707. The molecule has 0 spiro atoms. The molecule has 0 saturated carbocycles. The summed E-state index contributed by atoms with van der Waals surface area (Å²) in [6.45, 7) is 0. The minimum Gasteiger partial charge on any atom is -0.324 e. The van der Waals surface area contributed by atoms with Crippen LogP contribution in [-0.4, -0.2) is 4.98 Å². The summed E-state index contributed by atoms with van der Waals surface area (Å²) >= 11 is 3.49. The molecule has 0 fully saturated rings. The summed E-state index contributed by atoms with van der Waals surface area (Å²) < 4.78 is 1.09. The van der Waals surface area contributed by atoms with Gasteiger partial charge in [0.2, 0.25) is 0 Å². The normalized spacial score (nSPS) is 12.5. The molecule has 0 aliphatic rings. The van der Waals surface area contributed by atoms with Crippen LogP contribution in [0.3, 0.4) is 0 Å². The molecule has 0 bridgehead atoms. The highest BCUT2D eigenvalue weighted by molar-refractivity contribution is 9.10. The molecule has 2 aromatic carbocycles. The quantitative estimate of drug-likeness (QED) is 0.781. The van der Waals surface area contributed by atoms with Crippen LogP contribution in [0.1, 0.15) is 17.3 Å². The smallest absolute Gasteiger partial charge is 0.0422 e. The van der Waals surface area contributed by atoms with E-state index in [-0.39, 0.29) is 6.04 Å². The summed E-state index contributed by atoms with van der Waals surface area (Å²) in [7, 11) is 0. The highest BCUT2D eigenvalue weighted by atomic mass is 79.9. The highest BCUT2D eigenvalue weighted by Gasteiger charge is 2.08. The average molecular weight is 327 g/mol. The predicted octanol–water partition coefficient (Wildman–Crippen LogP) is 4.24. The third-order valence-corrected chi connectivity index (χ3v) is 3.90. The fourth-order valence-electron chi connectivity index (χ4n) is 2.33. The molecule has 1 aromatic heterocycles. The number of benzene rings is 2. The van der Waals surface area contributed by atoms with Crippen LogP contribution in [0.5, 0.6) is 0 Å². The second-order valence-electron chi connectivity index (χ2n) is 4.88. The average Bonchev–Trinajstić information content (AvgIpc) is 2.47. The summed E-state index contributed by atoms with van der Waals surface area (Å²) in [6.07, 6.45) is 2.56.